The van der Waals surface area contributed by atoms with Crippen molar-refractivity contribution in [3.8, 4) is 0 Å². The second-order valence-corrected chi connectivity index (χ2v) is 3.90. The molecule has 0 aromatic heterocycles. The predicted molar refractivity (Wildman–Crippen MR) is 60.1 cm³/mol. The number of hydrogen-bond donors (Lipinski definition) is 0. The zero-order valence-corrected chi connectivity index (χ0v) is 10.2. The van der Waals surface area contributed by atoms with Crippen LogP contribution in [0.25, 0.3) is 0 Å². The van der Waals surface area contributed by atoms with Crippen molar-refractivity contribution in [2.24, 2.45) is 0 Å². The van der Waals surface area contributed by atoms with E-state index in [-0.39, 0.29) is 12.2 Å². The highest BCUT2D eigenvalue weighted by Crippen LogP contribution is 2.13. The van der Waals surface area contributed by atoms with Crippen molar-refractivity contribution < 1.29 is 18.7 Å². The molecule has 0 saturated carbocycles. The number of esters is 1. The standard InChI is InChI=1S/C11H10BrFO3/c1-2-16-11(15)9(12)10(14)7-4-3-5-8(13)6-7/h3-6,9H,2H2,1H3/t9-/m1/s1. The Kier molecular flexibility index (Phi) is 4.61. The molecular formula is C11H10BrFO3. The summed E-state index contributed by atoms with van der Waals surface area (Å²) in [6.45, 7) is 1.83. The van der Waals surface area contributed by atoms with E-state index in [4.69, 9.17) is 0 Å². The van der Waals surface area contributed by atoms with Gasteiger partial charge in [-0.25, -0.2) is 4.39 Å². The van der Waals surface area contributed by atoms with Gasteiger partial charge in [0, 0.05) is 5.56 Å². The number of Topliss-reactive ketones (excluding diaryl/α,β-unsaturated/α-hetero) is 1. The van der Waals surface area contributed by atoms with Crippen molar-refractivity contribution >= 4 is 27.7 Å². The van der Waals surface area contributed by atoms with Crippen LogP contribution in [0.1, 0.15) is 17.3 Å². The largest absolute Gasteiger partial charge is 0.465 e. The second kappa shape index (κ2) is 5.75. The van der Waals surface area contributed by atoms with Gasteiger partial charge in [-0.15, -0.1) is 0 Å². The van der Waals surface area contributed by atoms with Gasteiger partial charge in [0.05, 0.1) is 6.61 Å². The fraction of sp³-hybridized carbons (Fsp3) is 0.273. The van der Waals surface area contributed by atoms with Crippen LogP contribution in [-0.2, 0) is 9.53 Å². The predicted octanol–water partition coefficient (Wildman–Crippen LogP) is 2.33. The molecule has 1 aromatic rings. The van der Waals surface area contributed by atoms with Crippen LogP contribution in [0.15, 0.2) is 24.3 Å². The molecule has 1 atom stereocenters. The Morgan fingerprint density at radius 2 is 2.19 bits per heavy atom. The maximum atomic E-state index is 12.9. The molecule has 1 rings (SSSR count). The molecule has 86 valence electrons. The van der Waals surface area contributed by atoms with Gasteiger partial charge in [0.15, 0.2) is 10.6 Å². The number of halogens is 2. The van der Waals surface area contributed by atoms with Crippen LogP contribution in [0, 0.1) is 5.82 Å². The van der Waals surface area contributed by atoms with Crippen LogP contribution < -0.4 is 0 Å². The summed E-state index contributed by atoms with van der Waals surface area (Å²) in [6, 6.07) is 5.16. The molecule has 0 N–H and O–H groups in total. The summed E-state index contributed by atoms with van der Waals surface area (Å²) in [5, 5.41) is 0. The summed E-state index contributed by atoms with van der Waals surface area (Å²) < 4.78 is 17.5. The van der Waals surface area contributed by atoms with Crippen LogP contribution in [0.3, 0.4) is 0 Å². The van der Waals surface area contributed by atoms with Gasteiger partial charge < -0.3 is 4.74 Å². The lowest BCUT2D eigenvalue weighted by molar-refractivity contribution is -0.141. The molecule has 0 radical (unpaired) electrons. The van der Waals surface area contributed by atoms with Crippen LogP contribution in [0.2, 0.25) is 0 Å². The summed E-state index contributed by atoms with van der Waals surface area (Å²) in [5.41, 5.74) is 0.134. The van der Waals surface area contributed by atoms with Gasteiger partial charge in [0.25, 0.3) is 0 Å². The van der Waals surface area contributed by atoms with E-state index in [0.717, 1.165) is 6.07 Å². The van der Waals surface area contributed by atoms with Crippen molar-refractivity contribution in [1.82, 2.24) is 0 Å². The summed E-state index contributed by atoms with van der Waals surface area (Å²) in [6.07, 6.45) is 0. The third-order valence-corrected chi connectivity index (χ3v) is 2.62. The Morgan fingerprint density at radius 1 is 1.50 bits per heavy atom. The first kappa shape index (κ1) is 12.8. The van der Waals surface area contributed by atoms with Crippen molar-refractivity contribution in [3.63, 3.8) is 0 Å². The number of hydrogen-bond acceptors (Lipinski definition) is 3. The number of carbonyl (C=O) groups excluding carboxylic acids is 2. The second-order valence-electron chi connectivity index (χ2n) is 2.99. The Balaban J connectivity index is 2.82. The molecule has 0 heterocycles. The summed E-state index contributed by atoms with van der Waals surface area (Å²) >= 11 is 2.92. The minimum atomic E-state index is -1.09. The Labute approximate surface area is 101 Å². The lowest BCUT2D eigenvalue weighted by atomic mass is 10.1. The molecule has 0 amide bonds. The highest BCUT2D eigenvalue weighted by molar-refractivity contribution is 9.10. The minimum Gasteiger partial charge on any atom is -0.465 e. The summed E-state index contributed by atoms with van der Waals surface area (Å²) in [5.74, 6) is -1.70. The lowest BCUT2D eigenvalue weighted by Crippen LogP contribution is -2.26. The molecule has 0 aliphatic rings. The van der Waals surface area contributed by atoms with E-state index in [9.17, 15) is 14.0 Å². The maximum absolute atomic E-state index is 12.9. The Bertz CT molecular complexity index is 406. The quantitative estimate of drug-likeness (QED) is 0.370. The van der Waals surface area contributed by atoms with E-state index >= 15 is 0 Å². The van der Waals surface area contributed by atoms with Gasteiger partial charge >= 0.3 is 5.97 Å². The first-order valence-electron chi connectivity index (χ1n) is 4.66. The number of alkyl halides is 1. The molecule has 0 bridgehead atoms. The molecule has 5 heteroatoms. The van der Waals surface area contributed by atoms with E-state index in [1.54, 1.807) is 6.92 Å². The molecule has 16 heavy (non-hydrogen) atoms. The van der Waals surface area contributed by atoms with Crippen molar-refractivity contribution in [1.29, 1.82) is 0 Å². The Hall–Kier alpha value is -1.23. The van der Waals surface area contributed by atoms with Gasteiger partial charge in [-0.1, -0.05) is 28.1 Å². The highest BCUT2D eigenvalue weighted by Gasteiger charge is 2.25. The molecule has 1 aromatic carbocycles. The topological polar surface area (TPSA) is 43.4 Å². The van der Waals surface area contributed by atoms with Crippen LogP contribution in [0.5, 0.6) is 0 Å². The van der Waals surface area contributed by atoms with Crippen LogP contribution in [-0.4, -0.2) is 23.2 Å². The van der Waals surface area contributed by atoms with Crippen LogP contribution >= 0.6 is 15.9 Å². The lowest BCUT2D eigenvalue weighted by Gasteiger charge is -2.07. The average molecular weight is 289 g/mol. The number of benzene rings is 1. The highest BCUT2D eigenvalue weighted by atomic mass is 79.9. The van der Waals surface area contributed by atoms with Crippen molar-refractivity contribution in [2.45, 2.75) is 11.8 Å². The molecule has 0 fully saturated rings. The van der Waals surface area contributed by atoms with Crippen LogP contribution in [0.4, 0.5) is 4.39 Å². The van der Waals surface area contributed by atoms with Gasteiger partial charge in [0.2, 0.25) is 0 Å². The normalized spacial score (nSPS) is 11.9. The number of carbonyl (C=O) groups is 2. The maximum Gasteiger partial charge on any atom is 0.327 e. The molecule has 0 spiro atoms. The van der Waals surface area contributed by atoms with Gasteiger partial charge in [0.1, 0.15) is 5.82 Å². The fourth-order valence-corrected chi connectivity index (χ4v) is 1.51. The van der Waals surface area contributed by atoms with E-state index in [1.165, 1.54) is 18.2 Å². The number of rotatable bonds is 4. The first-order chi connectivity index (χ1) is 7.56. The molecule has 0 saturated heterocycles. The van der Waals surface area contributed by atoms with Gasteiger partial charge in [-0.3, -0.25) is 9.59 Å². The smallest absolute Gasteiger partial charge is 0.327 e. The van der Waals surface area contributed by atoms with Crippen molar-refractivity contribution in [2.75, 3.05) is 6.61 Å². The minimum absolute atomic E-state index is 0.134. The first-order valence-corrected chi connectivity index (χ1v) is 5.58. The summed E-state index contributed by atoms with van der Waals surface area (Å²) in [7, 11) is 0. The zero-order valence-electron chi connectivity index (χ0n) is 8.57. The molecule has 3 nitrogen and oxygen atoms in total. The molecule has 0 unspecified atom stereocenters. The van der Waals surface area contributed by atoms with Crippen molar-refractivity contribution in [3.05, 3.63) is 35.6 Å². The summed E-state index contributed by atoms with van der Waals surface area (Å²) in [4.78, 5) is 21.9. The van der Waals surface area contributed by atoms with E-state index < -0.39 is 22.4 Å². The van der Waals surface area contributed by atoms with E-state index in [0.29, 0.717) is 0 Å². The Morgan fingerprint density at radius 3 is 2.75 bits per heavy atom. The third kappa shape index (κ3) is 3.13. The van der Waals surface area contributed by atoms with Gasteiger partial charge in [-0.2, -0.15) is 0 Å². The molecule has 0 aliphatic carbocycles. The zero-order chi connectivity index (χ0) is 12.1. The monoisotopic (exact) mass is 288 g/mol. The number of ether oxygens (including phenoxy) is 1. The average Bonchev–Trinajstić information content (AvgIpc) is 2.27. The third-order valence-electron chi connectivity index (χ3n) is 1.83. The van der Waals surface area contributed by atoms with Gasteiger partial charge in [-0.05, 0) is 19.1 Å². The number of ketones is 1. The fourth-order valence-electron chi connectivity index (χ4n) is 1.11. The van der Waals surface area contributed by atoms with E-state index in [2.05, 4.69) is 20.7 Å². The molecular weight excluding hydrogens is 279 g/mol. The SMILES string of the molecule is CCOC(=O)[C@H](Br)C(=O)c1cccc(F)c1. The molecule has 0 aliphatic heterocycles. The van der Waals surface area contributed by atoms with E-state index in [1.807, 2.05) is 0 Å².